The van der Waals surface area contributed by atoms with E-state index in [9.17, 15) is 5.21 Å². The molecule has 0 saturated carbocycles. The lowest BCUT2D eigenvalue weighted by atomic mass is 10.2. The number of hydrogen-bond acceptors (Lipinski definition) is 3. The minimum atomic E-state index is 0.188. The standard InChI is InChI=1S/C6H5N2O/c7-4-6-2-1-3-8(9)5-6/h1-3H,5H2/q-1. The molecule has 1 aliphatic rings. The number of hydrogen-bond donors (Lipinski definition) is 0. The third-order valence-electron chi connectivity index (χ3n) is 1.02. The first kappa shape index (κ1) is 5.86. The predicted octanol–water partition coefficient (Wildman–Crippen LogP) is 0.763. The molecule has 0 bridgehead atoms. The van der Waals surface area contributed by atoms with Crippen molar-refractivity contribution in [1.29, 1.82) is 5.26 Å². The van der Waals surface area contributed by atoms with Gasteiger partial charge >= 0.3 is 0 Å². The second-order valence-corrected chi connectivity index (χ2v) is 1.72. The summed E-state index contributed by atoms with van der Waals surface area (Å²) in [5.74, 6) is 0. The summed E-state index contributed by atoms with van der Waals surface area (Å²) < 4.78 is 0. The van der Waals surface area contributed by atoms with Crippen LogP contribution in [0, 0.1) is 16.5 Å². The quantitative estimate of drug-likeness (QED) is 0.475. The van der Waals surface area contributed by atoms with E-state index < -0.39 is 0 Å². The molecule has 1 rings (SSSR count). The van der Waals surface area contributed by atoms with Crippen molar-refractivity contribution in [1.82, 2.24) is 5.06 Å². The Kier molecular flexibility index (Phi) is 1.52. The predicted molar refractivity (Wildman–Crippen MR) is 32.9 cm³/mol. The highest BCUT2D eigenvalue weighted by Gasteiger charge is 1.96. The van der Waals surface area contributed by atoms with E-state index in [1.54, 1.807) is 12.2 Å². The number of nitrogens with zero attached hydrogens (tertiary/aromatic N) is 2. The first-order valence-corrected chi connectivity index (χ1v) is 2.54. The molecular weight excluding hydrogens is 116 g/mol. The van der Waals surface area contributed by atoms with Crippen LogP contribution in [0.25, 0.3) is 0 Å². The maximum atomic E-state index is 10.5. The van der Waals surface area contributed by atoms with Crippen molar-refractivity contribution >= 4 is 0 Å². The summed E-state index contributed by atoms with van der Waals surface area (Å²) in [4.78, 5) is 0. The van der Waals surface area contributed by atoms with Gasteiger partial charge in [0.25, 0.3) is 0 Å². The molecule has 3 heteroatoms. The Morgan fingerprint density at radius 2 is 2.56 bits per heavy atom. The zero-order valence-electron chi connectivity index (χ0n) is 4.74. The lowest BCUT2D eigenvalue weighted by molar-refractivity contribution is 0.554. The summed E-state index contributed by atoms with van der Waals surface area (Å²) in [5.41, 5.74) is 0.507. The Labute approximate surface area is 53.1 Å². The zero-order chi connectivity index (χ0) is 6.69. The van der Waals surface area contributed by atoms with E-state index >= 15 is 0 Å². The Morgan fingerprint density at radius 3 is 3.00 bits per heavy atom. The fraction of sp³-hybridized carbons (Fsp3) is 0.167. The molecule has 0 aliphatic carbocycles. The fourth-order valence-electron chi connectivity index (χ4n) is 0.601. The number of nitriles is 1. The summed E-state index contributed by atoms with van der Waals surface area (Å²) in [5, 5.41) is 19.5. The van der Waals surface area contributed by atoms with Crippen LogP contribution < -0.4 is 0 Å². The van der Waals surface area contributed by atoms with E-state index in [0.717, 1.165) is 5.06 Å². The van der Waals surface area contributed by atoms with E-state index in [-0.39, 0.29) is 6.54 Å². The van der Waals surface area contributed by atoms with Crippen LogP contribution in [0.5, 0.6) is 0 Å². The maximum Gasteiger partial charge on any atom is 0.0965 e. The number of rotatable bonds is 0. The third-order valence-corrected chi connectivity index (χ3v) is 1.02. The first-order chi connectivity index (χ1) is 4.33. The third kappa shape index (κ3) is 1.31. The summed E-state index contributed by atoms with van der Waals surface area (Å²) in [6, 6.07) is 1.90. The highest BCUT2D eigenvalue weighted by Crippen LogP contribution is 2.03. The van der Waals surface area contributed by atoms with Gasteiger partial charge in [0.15, 0.2) is 0 Å². The minimum absolute atomic E-state index is 0.188. The Balaban J connectivity index is 2.69. The van der Waals surface area contributed by atoms with E-state index in [1.807, 2.05) is 6.07 Å². The van der Waals surface area contributed by atoms with E-state index in [1.165, 1.54) is 6.20 Å². The van der Waals surface area contributed by atoms with Crippen LogP contribution in [0.3, 0.4) is 0 Å². The van der Waals surface area contributed by atoms with Gasteiger partial charge in [-0.1, -0.05) is 0 Å². The molecule has 0 aromatic heterocycles. The van der Waals surface area contributed by atoms with Crippen molar-refractivity contribution in [2.45, 2.75) is 0 Å². The van der Waals surface area contributed by atoms with Gasteiger partial charge in [-0.25, -0.2) is 0 Å². The van der Waals surface area contributed by atoms with Gasteiger partial charge in [-0.05, 0) is 18.4 Å². The van der Waals surface area contributed by atoms with Gasteiger partial charge in [0, 0.05) is 12.1 Å². The van der Waals surface area contributed by atoms with Crippen molar-refractivity contribution in [3.8, 4) is 6.07 Å². The topological polar surface area (TPSA) is 50.1 Å². The molecule has 1 heterocycles. The Bertz CT molecular complexity index is 200. The monoisotopic (exact) mass is 121 g/mol. The van der Waals surface area contributed by atoms with E-state index in [0.29, 0.717) is 5.57 Å². The van der Waals surface area contributed by atoms with Crippen LogP contribution >= 0.6 is 0 Å². The van der Waals surface area contributed by atoms with Crippen molar-refractivity contribution in [3.63, 3.8) is 0 Å². The molecule has 0 radical (unpaired) electrons. The number of hydroxylamine groups is 2. The molecule has 0 aromatic carbocycles. The molecule has 0 spiro atoms. The van der Waals surface area contributed by atoms with Gasteiger partial charge < -0.3 is 10.3 Å². The average Bonchev–Trinajstić information content (AvgIpc) is 1.88. The van der Waals surface area contributed by atoms with Crippen LogP contribution in [0.15, 0.2) is 23.9 Å². The van der Waals surface area contributed by atoms with Crippen LogP contribution in [0.1, 0.15) is 0 Å². The van der Waals surface area contributed by atoms with Gasteiger partial charge in [0.05, 0.1) is 6.07 Å². The molecule has 1 aliphatic heterocycles. The van der Waals surface area contributed by atoms with Gasteiger partial charge in [-0.2, -0.15) is 5.26 Å². The molecule has 46 valence electrons. The van der Waals surface area contributed by atoms with Crippen molar-refractivity contribution in [2.24, 2.45) is 0 Å². The molecule has 9 heavy (non-hydrogen) atoms. The highest BCUT2D eigenvalue weighted by molar-refractivity contribution is 5.30. The molecule has 0 saturated heterocycles. The van der Waals surface area contributed by atoms with Crippen LogP contribution in [-0.4, -0.2) is 11.6 Å². The minimum Gasteiger partial charge on any atom is -0.758 e. The Hall–Kier alpha value is -1.27. The van der Waals surface area contributed by atoms with Crippen molar-refractivity contribution < 1.29 is 0 Å². The number of allylic oxidation sites excluding steroid dienone is 2. The fourth-order valence-corrected chi connectivity index (χ4v) is 0.601. The molecule has 0 fully saturated rings. The average molecular weight is 121 g/mol. The molecule has 0 atom stereocenters. The van der Waals surface area contributed by atoms with Crippen molar-refractivity contribution in [2.75, 3.05) is 6.54 Å². The molecule has 0 N–H and O–H groups in total. The second-order valence-electron chi connectivity index (χ2n) is 1.72. The molecule has 0 aromatic rings. The van der Waals surface area contributed by atoms with Gasteiger partial charge in [0.1, 0.15) is 0 Å². The molecule has 3 nitrogen and oxygen atoms in total. The zero-order valence-corrected chi connectivity index (χ0v) is 4.74. The lowest BCUT2D eigenvalue weighted by Crippen LogP contribution is -2.13. The molecular formula is C6H5N2O-. The second kappa shape index (κ2) is 2.33. The normalized spacial score (nSPS) is 16.9. The van der Waals surface area contributed by atoms with E-state index in [4.69, 9.17) is 5.26 Å². The first-order valence-electron chi connectivity index (χ1n) is 2.54. The molecule has 0 unspecified atom stereocenters. The smallest absolute Gasteiger partial charge is 0.0965 e. The van der Waals surface area contributed by atoms with Gasteiger partial charge in [0.2, 0.25) is 0 Å². The lowest BCUT2D eigenvalue weighted by Gasteiger charge is -2.27. The largest absolute Gasteiger partial charge is 0.758 e. The molecule has 0 amide bonds. The highest BCUT2D eigenvalue weighted by atomic mass is 16.5. The summed E-state index contributed by atoms with van der Waals surface area (Å²) in [7, 11) is 0. The summed E-state index contributed by atoms with van der Waals surface area (Å²) in [6.07, 6.45) is 4.59. The van der Waals surface area contributed by atoms with Crippen LogP contribution in [-0.2, 0) is 0 Å². The Morgan fingerprint density at radius 1 is 1.78 bits per heavy atom. The van der Waals surface area contributed by atoms with Gasteiger partial charge in [-0.15, -0.1) is 0 Å². The van der Waals surface area contributed by atoms with Crippen LogP contribution in [0.2, 0.25) is 0 Å². The van der Waals surface area contributed by atoms with Gasteiger partial charge in [-0.3, -0.25) is 0 Å². The van der Waals surface area contributed by atoms with E-state index in [2.05, 4.69) is 0 Å². The summed E-state index contributed by atoms with van der Waals surface area (Å²) >= 11 is 0. The SMILES string of the molecule is N#CC1=CC=CN([O-])C1. The van der Waals surface area contributed by atoms with Crippen molar-refractivity contribution in [3.05, 3.63) is 29.1 Å². The summed E-state index contributed by atoms with van der Waals surface area (Å²) in [6.45, 7) is 0.188. The maximum absolute atomic E-state index is 10.5. The van der Waals surface area contributed by atoms with Crippen LogP contribution in [0.4, 0.5) is 0 Å².